The molecule has 0 fully saturated rings. The summed E-state index contributed by atoms with van der Waals surface area (Å²) < 4.78 is 5.44. The molecule has 0 saturated carbocycles. The highest BCUT2D eigenvalue weighted by Crippen LogP contribution is 2.39. The predicted molar refractivity (Wildman–Crippen MR) is 109 cm³/mol. The molecule has 0 bridgehead atoms. The maximum atomic E-state index is 13.0. The second kappa shape index (κ2) is 8.43. The highest BCUT2D eigenvalue weighted by atomic mass is 32.2. The molecule has 7 nitrogen and oxygen atoms in total. The van der Waals surface area contributed by atoms with Crippen molar-refractivity contribution in [2.45, 2.75) is 37.9 Å². The first-order chi connectivity index (χ1) is 13.4. The van der Waals surface area contributed by atoms with E-state index in [1.807, 2.05) is 0 Å². The van der Waals surface area contributed by atoms with E-state index >= 15 is 0 Å². The van der Waals surface area contributed by atoms with Crippen molar-refractivity contribution < 1.29 is 9.53 Å². The summed E-state index contributed by atoms with van der Waals surface area (Å²) in [5.74, 6) is 0.00364. The van der Waals surface area contributed by atoms with Gasteiger partial charge in [0.2, 0.25) is 0 Å². The summed E-state index contributed by atoms with van der Waals surface area (Å²) in [6, 6.07) is 3.57. The minimum Gasteiger partial charge on any atom is -0.460 e. The molecular formula is C20H22N4O3S. The average molecular weight is 398 g/mol. The Bertz CT molecular complexity index is 983. The molecule has 28 heavy (non-hydrogen) atoms. The number of anilines is 1. The zero-order chi connectivity index (χ0) is 20.3. The SMILES string of the molecule is C=CCSc1nc2c(c(=O)[nH]1)[C@H](c1ccncc1)C(C(=O)OC(C)C)=C(C)N2. The summed E-state index contributed by atoms with van der Waals surface area (Å²) in [6.07, 6.45) is 4.73. The third-order valence-corrected chi connectivity index (χ3v) is 5.03. The number of carbonyl (C=O) groups excluding carboxylic acids is 1. The Morgan fingerprint density at radius 2 is 2.11 bits per heavy atom. The topological polar surface area (TPSA) is 97.0 Å². The monoisotopic (exact) mass is 398 g/mol. The molecule has 146 valence electrons. The number of hydrogen-bond donors (Lipinski definition) is 2. The van der Waals surface area contributed by atoms with E-state index in [1.54, 1.807) is 51.4 Å². The fraction of sp³-hybridized carbons (Fsp3) is 0.300. The summed E-state index contributed by atoms with van der Waals surface area (Å²) in [5.41, 5.74) is 1.86. The van der Waals surface area contributed by atoms with Gasteiger partial charge >= 0.3 is 5.97 Å². The molecule has 3 rings (SSSR count). The molecule has 0 unspecified atom stereocenters. The molecule has 0 aliphatic carbocycles. The van der Waals surface area contributed by atoms with Gasteiger partial charge in [-0.1, -0.05) is 17.8 Å². The number of aromatic nitrogens is 3. The van der Waals surface area contributed by atoms with E-state index in [1.165, 1.54) is 11.8 Å². The normalized spacial score (nSPS) is 15.8. The van der Waals surface area contributed by atoms with E-state index in [0.29, 0.717) is 33.6 Å². The number of hydrogen-bond acceptors (Lipinski definition) is 7. The number of nitrogens with one attached hydrogen (secondary N) is 2. The molecule has 2 aromatic rings. The number of fused-ring (bicyclic) bond motifs is 1. The van der Waals surface area contributed by atoms with Gasteiger partial charge < -0.3 is 15.0 Å². The lowest BCUT2D eigenvalue weighted by molar-refractivity contribution is -0.143. The molecule has 0 spiro atoms. The predicted octanol–water partition coefficient (Wildman–Crippen LogP) is 3.23. The van der Waals surface area contributed by atoms with Crippen molar-refractivity contribution in [1.29, 1.82) is 0 Å². The lowest BCUT2D eigenvalue weighted by Crippen LogP contribution is -2.31. The van der Waals surface area contributed by atoms with Crippen LogP contribution in [0.25, 0.3) is 0 Å². The minimum atomic E-state index is -0.597. The van der Waals surface area contributed by atoms with Gasteiger partial charge in [-0.25, -0.2) is 9.78 Å². The van der Waals surface area contributed by atoms with Crippen molar-refractivity contribution in [2.75, 3.05) is 11.1 Å². The van der Waals surface area contributed by atoms with Crippen molar-refractivity contribution >= 4 is 23.5 Å². The van der Waals surface area contributed by atoms with Crippen LogP contribution in [0.1, 0.15) is 37.8 Å². The van der Waals surface area contributed by atoms with E-state index in [0.717, 1.165) is 5.56 Å². The highest BCUT2D eigenvalue weighted by molar-refractivity contribution is 7.99. The fourth-order valence-corrected chi connectivity index (χ4v) is 3.67. The van der Waals surface area contributed by atoms with Gasteiger partial charge in [0.25, 0.3) is 5.56 Å². The molecule has 1 aliphatic rings. The average Bonchev–Trinajstić information content (AvgIpc) is 2.65. The number of H-pyrrole nitrogens is 1. The van der Waals surface area contributed by atoms with E-state index in [-0.39, 0.29) is 11.7 Å². The van der Waals surface area contributed by atoms with Crippen molar-refractivity contribution in [3.05, 3.63) is 69.9 Å². The minimum absolute atomic E-state index is 0.277. The van der Waals surface area contributed by atoms with Crippen LogP contribution >= 0.6 is 11.8 Å². The second-order valence-electron chi connectivity index (χ2n) is 6.56. The fourth-order valence-electron chi connectivity index (χ4n) is 3.07. The maximum Gasteiger partial charge on any atom is 0.337 e. The second-order valence-corrected chi connectivity index (χ2v) is 7.57. The molecule has 1 aliphatic heterocycles. The molecule has 8 heteroatoms. The van der Waals surface area contributed by atoms with Crippen LogP contribution in [-0.2, 0) is 9.53 Å². The van der Waals surface area contributed by atoms with Gasteiger partial charge in [-0.05, 0) is 38.5 Å². The molecule has 1 atom stereocenters. The molecule has 0 aromatic carbocycles. The first kappa shape index (κ1) is 19.9. The van der Waals surface area contributed by atoms with E-state index in [4.69, 9.17) is 4.74 Å². The lowest BCUT2D eigenvalue weighted by atomic mass is 9.83. The van der Waals surface area contributed by atoms with Crippen LogP contribution in [0.5, 0.6) is 0 Å². The number of aromatic amines is 1. The number of thioether (sulfide) groups is 1. The van der Waals surface area contributed by atoms with Gasteiger partial charge in [-0.2, -0.15) is 0 Å². The van der Waals surface area contributed by atoms with Crippen LogP contribution in [0.3, 0.4) is 0 Å². The standard InChI is InChI=1S/C20H22N4O3S/c1-5-10-28-20-23-17-16(18(25)24-20)15(13-6-8-21-9-7-13)14(12(4)22-17)19(26)27-11(2)3/h5-9,11,15H,1,10H2,2-4H3,(H2,22,23,24,25)/t15-/m1/s1. The zero-order valence-electron chi connectivity index (χ0n) is 16.0. The Labute approximate surface area is 167 Å². The van der Waals surface area contributed by atoms with Crippen LogP contribution < -0.4 is 10.9 Å². The smallest absolute Gasteiger partial charge is 0.337 e. The third kappa shape index (κ3) is 4.01. The van der Waals surface area contributed by atoms with Crippen LogP contribution in [-0.4, -0.2) is 32.8 Å². The molecule has 0 amide bonds. The summed E-state index contributed by atoms with van der Waals surface area (Å²) in [4.78, 5) is 37.2. The number of carbonyl (C=O) groups is 1. The number of nitrogens with zero attached hydrogens (tertiary/aromatic N) is 2. The number of rotatable bonds is 6. The summed E-state index contributed by atoms with van der Waals surface area (Å²) in [6.45, 7) is 9.04. The number of allylic oxidation sites excluding steroid dienone is 1. The van der Waals surface area contributed by atoms with E-state index in [9.17, 15) is 9.59 Å². The Balaban J connectivity index is 2.17. The van der Waals surface area contributed by atoms with Crippen LogP contribution in [0, 0.1) is 0 Å². The van der Waals surface area contributed by atoms with Crippen molar-refractivity contribution in [3.8, 4) is 0 Å². The first-order valence-corrected chi connectivity index (χ1v) is 9.87. The van der Waals surface area contributed by atoms with Gasteiger partial charge in [0.05, 0.1) is 23.2 Å². The molecule has 0 saturated heterocycles. The Morgan fingerprint density at radius 1 is 1.39 bits per heavy atom. The summed E-state index contributed by atoms with van der Waals surface area (Å²) in [7, 11) is 0. The Kier molecular flexibility index (Phi) is 5.99. The maximum absolute atomic E-state index is 13.0. The Hall–Kier alpha value is -2.87. The van der Waals surface area contributed by atoms with Crippen molar-refractivity contribution in [3.63, 3.8) is 0 Å². The third-order valence-electron chi connectivity index (χ3n) is 4.16. The van der Waals surface area contributed by atoms with Gasteiger partial charge in [0.15, 0.2) is 5.16 Å². The van der Waals surface area contributed by atoms with Crippen LogP contribution in [0.15, 0.2) is 58.4 Å². The van der Waals surface area contributed by atoms with Gasteiger partial charge in [0, 0.05) is 23.8 Å². The molecular weight excluding hydrogens is 376 g/mol. The summed E-state index contributed by atoms with van der Waals surface area (Å²) >= 11 is 1.38. The Morgan fingerprint density at radius 3 is 2.75 bits per heavy atom. The van der Waals surface area contributed by atoms with Crippen LogP contribution in [0.4, 0.5) is 5.82 Å². The molecule has 2 aromatic heterocycles. The highest BCUT2D eigenvalue weighted by Gasteiger charge is 2.36. The van der Waals surface area contributed by atoms with Gasteiger partial charge in [-0.15, -0.1) is 6.58 Å². The van der Waals surface area contributed by atoms with Crippen LogP contribution in [0.2, 0.25) is 0 Å². The van der Waals surface area contributed by atoms with E-state index < -0.39 is 11.9 Å². The van der Waals surface area contributed by atoms with Gasteiger partial charge in [0.1, 0.15) is 5.82 Å². The summed E-state index contributed by atoms with van der Waals surface area (Å²) in [5, 5.41) is 3.61. The number of pyridine rings is 1. The van der Waals surface area contributed by atoms with Crippen molar-refractivity contribution in [2.24, 2.45) is 0 Å². The number of esters is 1. The van der Waals surface area contributed by atoms with Crippen molar-refractivity contribution in [1.82, 2.24) is 15.0 Å². The first-order valence-electron chi connectivity index (χ1n) is 8.89. The zero-order valence-corrected chi connectivity index (χ0v) is 16.8. The number of ether oxygens (including phenoxy) is 1. The quantitative estimate of drug-likeness (QED) is 0.334. The lowest BCUT2D eigenvalue weighted by Gasteiger charge is -2.29. The van der Waals surface area contributed by atoms with E-state index in [2.05, 4.69) is 26.8 Å². The molecule has 2 N–H and O–H groups in total. The molecule has 0 radical (unpaired) electrons. The van der Waals surface area contributed by atoms with Gasteiger partial charge in [-0.3, -0.25) is 9.78 Å². The largest absolute Gasteiger partial charge is 0.460 e. The molecule has 3 heterocycles.